The Labute approximate surface area is 135 Å². The van der Waals surface area contributed by atoms with Gasteiger partial charge in [0.05, 0.1) is 24.7 Å². The summed E-state index contributed by atoms with van der Waals surface area (Å²) in [5.74, 6) is 0.0805. The SMILES string of the molecule is C=C(C)CN(CC)C(=O)c1cc(OC)c(OCC)cc1[N+](=O)[O-]. The van der Waals surface area contributed by atoms with Gasteiger partial charge in [0, 0.05) is 19.2 Å². The van der Waals surface area contributed by atoms with Gasteiger partial charge in [0.2, 0.25) is 0 Å². The van der Waals surface area contributed by atoms with Crippen molar-refractivity contribution in [1.29, 1.82) is 0 Å². The molecule has 1 aromatic carbocycles. The first-order valence-electron chi connectivity index (χ1n) is 7.28. The minimum absolute atomic E-state index is 0.0293. The summed E-state index contributed by atoms with van der Waals surface area (Å²) in [6.07, 6.45) is 0. The van der Waals surface area contributed by atoms with Crippen molar-refractivity contribution in [2.75, 3.05) is 26.8 Å². The van der Waals surface area contributed by atoms with Crippen molar-refractivity contribution in [3.63, 3.8) is 0 Å². The largest absolute Gasteiger partial charge is 0.493 e. The lowest BCUT2D eigenvalue weighted by Crippen LogP contribution is -2.32. The van der Waals surface area contributed by atoms with Crippen molar-refractivity contribution in [1.82, 2.24) is 4.90 Å². The van der Waals surface area contributed by atoms with E-state index in [2.05, 4.69) is 6.58 Å². The Hall–Kier alpha value is -2.57. The Morgan fingerprint density at radius 1 is 1.35 bits per heavy atom. The van der Waals surface area contributed by atoms with E-state index in [9.17, 15) is 14.9 Å². The number of likely N-dealkylation sites (N-methyl/N-ethyl adjacent to an activating group) is 1. The monoisotopic (exact) mass is 322 g/mol. The van der Waals surface area contributed by atoms with Crippen LogP contribution in [0.15, 0.2) is 24.3 Å². The number of ether oxygens (including phenoxy) is 2. The molecule has 0 heterocycles. The number of hydrogen-bond donors (Lipinski definition) is 0. The first kappa shape index (κ1) is 18.5. The molecule has 0 aliphatic rings. The lowest BCUT2D eigenvalue weighted by molar-refractivity contribution is -0.385. The molecule has 0 N–H and O–H groups in total. The second-order valence-electron chi connectivity index (χ2n) is 4.99. The standard InChI is InChI=1S/C16H22N2O5/c1-6-17(10-11(3)4)16(19)12-8-14(22-5)15(23-7-2)9-13(12)18(20)21/h8-9H,3,6-7,10H2,1-2,4-5H3. The molecule has 23 heavy (non-hydrogen) atoms. The first-order chi connectivity index (χ1) is 10.8. The number of amides is 1. The van der Waals surface area contributed by atoms with Gasteiger partial charge in [0.15, 0.2) is 11.5 Å². The molecule has 7 heteroatoms. The van der Waals surface area contributed by atoms with E-state index in [0.717, 1.165) is 5.57 Å². The average molecular weight is 322 g/mol. The van der Waals surface area contributed by atoms with Crippen LogP contribution in [0.5, 0.6) is 11.5 Å². The minimum atomic E-state index is -0.593. The lowest BCUT2D eigenvalue weighted by atomic mass is 10.1. The van der Waals surface area contributed by atoms with Crippen molar-refractivity contribution in [3.8, 4) is 11.5 Å². The highest BCUT2D eigenvalue weighted by Crippen LogP contribution is 2.35. The normalized spacial score (nSPS) is 10.1. The molecule has 0 fully saturated rings. The topological polar surface area (TPSA) is 81.9 Å². The Bertz CT molecular complexity index is 613. The van der Waals surface area contributed by atoms with Gasteiger partial charge in [-0.1, -0.05) is 12.2 Å². The molecule has 0 unspecified atom stereocenters. The molecule has 1 amide bonds. The number of hydrogen-bond acceptors (Lipinski definition) is 5. The predicted molar refractivity (Wildman–Crippen MR) is 87.2 cm³/mol. The summed E-state index contributed by atoms with van der Waals surface area (Å²) in [7, 11) is 1.42. The summed E-state index contributed by atoms with van der Waals surface area (Å²) in [6, 6.07) is 2.58. The number of carbonyl (C=O) groups is 1. The number of rotatable bonds is 8. The summed E-state index contributed by atoms with van der Waals surface area (Å²) in [5.41, 5.74) is 0.457. The van der Waals surface area contributed by atoms with Crippen LogP contribution in [0.3, 0.4) is 0 Å². The first-order valence-corrected chi connectivity index (χ1v) is 7.28. The molecular formula is C16H22N2O5. The molecule has 0 spiro atoms. The van der Waals surface area contributed by atoms with Crippen LogP contribution in [0.2, 0.25) is 0 Å². The molecule has 0 aliphatic heterocycles. The van der Waals surface area contributed by atoms with Crippen molar-refractivity contribution in [2.24, 2.45) is 0 Å². The molecule has 0 atom stereocenters. The highest BCUT2D eigenvalue weighted by molar-refractivity contribution is 5.99. The summed E-state index contributed by atoms with van der Waals surface area (Å²) >= 11 is 0. The molecule has 0 saturated heterocycles. The number of nitrogens with zero attached hydrogens (tertiary/aromatic N) is 2. The third kappa shape index (κ3) is 4.45. The van der Waals surface area contributed by atoms with E-state index in [-0.39, 0.29) is 22.7 Å². The van der Waals surface area contributed by atoms with Crippen LogP contribution >= 0.6 is 0 Å². The molecule has 0 saturated carbocycles. The van der Waals surface area contributed by atoms with Gasteiger partial charge in [-0.25, -0.2) is 0 Å². The summed E-state index contributed by atoms with van der Waals surface area (Å²) in [6.45, 7) is 10.2. The van der Waals surface area contributed by atoms with Crippen molar-refractivity contribution in [3.05, 3.63) is 40.0 Å². The van der Waals surface area contributed by atoms with Crippen LogP contribution in [-0.4, -0.2) is 42.5 Å². The van der Waals surface area contributed by atoms with E-state index in [1.165, 1.54) is 24.1 Å². The predicted octanol–water partition coefficient (Wildman–Crippen LogP) is 3.04. The molecule has 0 aromatic heterocycles. The molecule has 0 radical (unpaired) electrons. The molecule has 1 aromatic rings. The number of nitro benzene ring substituents is 1. The van der Waals surface area contributed by atoms with Gasteiger partial charge in [-0.3, -0.25) is 14.9 Å². The molecule has 1 rings (SSSR count). The number of carbonyl (C=O) groups excluding carboxylic acids is 1. The smallest absolute Gasteiger partial charge is 0.286 e. The Kier molecular flexibility index (Phi) is 6.56. The van der Waals surface area contributed by atoms with Gasteiger partial charge in [-0.15, -0.1) is 0 Å². The van der Waals surface area contributed by atoms with Crippen molar-refractivity contribution < 1.29 is 19.2 Å². The number of nitro groups is 1. The Morgan fingerprint density at radius 2 is 2.00 bits per heavy atom. The van der Waals surface area contributed by atoms with Gasteiger partial charge in [-0.2, -0.15) is 0 Å². The molecule has 0 bridgehead atoms. The summed E-state index contributed by atoms with van der Waals surface area (Å²) in [4.78, 5) is 24.9. The third-order valence-electron chi connectivity index (χ3n) is 3.14. The van der Waals surface area contributed by atoms with E-state index >= 15 is 0 Å². The zero-order valence-electron chi connectivity index (χ0n) is 13.9. The molecule has 126 valence electrons. The van der Waals surface area contributed by atoms with Gasteiger partial charge in [0.1, 0.15) is 5.56 Å². The zero-order valence-corrected chi connectivity index (χ0v) is 13.9. The maximum absolute atomic E-state index is 12.7. The maximum atomic E-state index is 12.7. The van der Waals surface area contributed by atoms with Crippen LogP contribution in [0.4, 0.5) is 5.69 Å². The van der Waals surface area contributed by atoms with Gasteiger partial charge < -0.3 is 14.4 Å². The van der Waals surface area contributed by atoms with Crippen molar-refractivity contribution >= 4 is 11.6 Å². The molecular weight excluding hydrogens is 300 g/mol. The van der Waals surface area contributed by atoms with Gasteiger partial charge >= 0.3 is 0 Å². The lowest BCUT2D eigenvalue weighted by Gasteiger charge is -2.21. The van der Waals surface area contributed by atoms with Crippen LogP contribution < -0.4 is 9.47 Å². The molecule has 7 nitrogen and oxygen atoms in total. The minimum Gasteiger partial charge on any atom is -0.493 e. The van der Waals surface area contributed by atoms with Gasteiger partial charge in [-0.05, 0) is 20.8 Å². The number of benzene rings is 1. The number of methoxy groups -OCH3 is 1. The fraction of sp³-hybridized carbons (Fsp3) is 0.438. The molecule has 0 aliphatic carbocycles. The van der Waals surface area contributed by atoms with E-state index in [1.807, 2.05) is 0 Å². The second-order valence-corrected chi connectivity index (χ2v) is 4.99. The third-order valence-corrected chi connectivity index (χ3v) is 3.14. The second kappa shape index (κ2) is 8.17. The van der Waals surface area contributed by atoms with E-state index in [0.29, 0.717) is 19.7 Å². The zero-order chi connectivity index (χ0) is 17.6. The van der Waals surface area contributed by atoms with Crippen LogP contribution in [0.25, 0.3) is 0 Å². The van der Waals surface area contributed by atoms with E-state index in [1.54, 1.807) is 20.8 Å². The highest BCUT2D eigenvalue weighted by Gasteiger charge is 2.27. The van der Waals surface area contributed by atoms with Crippen LogP contribution in [-0.2, 0) is 0 Å². The summed E-state index contributed by atoms with van der Waals surface area (Å²) in [5, 5.41) is 11.3. The van der Waals surface area contributed by atoms with Crippen LogP contribution in [0, 0.1) is 10.1 Å². The maximum Gasteiger partial charge on any atom is 0.286 e. The fourth-order valence-electron chi connectivity index (χ4n) is 2.12. The quantitative estimate of drug-likeness (QED) is 0.417. The average Bonchev–Trinajstić information content (AvgIpc) is 2.51. The van der Waals surface area contributed by atoms with Crippen LogP contribution in [0.1, 0.15) is 31.1 Å². The van der Waals surface area contributed by atoms with Crippen molar-refractivity contribution in [2.45, 2.75) is 20.8 Å². The van der Waals surface area contributed by atoms with E-state index in [4.69, 9.17) is 9.47 Å². The summed E-state index contributed by atoms with van der Waals surface area (Å²) < 4.78 is 10.5. The highest BCUT2D eigenvalue weighted by atomic mass is 16.6. The van der Waals surface area contributed by atoms with E-state index < -0.39 is 10.8 Å². The Balaban J connectivity index is 3.40. The Morgan fingerprint density at radius 3 is 2.43 bits per heavy atom. The van der Waals surface area contributed by atoms with Gasteiger partial charge in [0.25, 0.3) is 11.6 Å². The fourth-order valence-corrected chi connectivity index (χ4v) is 2.12.